The lowest BCUT2D eigenvalue weighted by Crippen LogP contribution is -2.08. The second-order valence-electron chi connectivity index (χ2n) is 3.27. The van der Waals surface area contributed by atoms with Crippen LogP contribution in [0.5, 0.6) is 0 Å². The van der Waals surface area contributed by atoms with Crippen molar-refractivity contribution >= 4 is 23.7 Å². The Morgan fingerprint density at radius 2 is 2.29 bits per heavy atom. The van der Waals surface area contributed by atoms with E-state index in [4.69, 9.17) is 0 Å². The molecule has 0 saturated heterocycles. The molecule has 0 amide bonds. The molecule has 0 aromatic carbocycles. The molecule has 0 saturated carbocycles. The molecular weight excluding hydrogens is 222 g/mol. The number of aromatic nitrogens is 2. The summed E-state index contributed by atoms with van der Waals surface area (Å²) in [4.78, 5) is 34.4. The molecular formula is C11H9N3O3. The molecule has 0 unspecified atom stereocenters. The SMILES string of the molecule is COC(=O)c1ccnc(C2=CC(=O)CC=N2)n1. The van der Waals surface area contributed by atoms with Crippen molar-refractivity contribution in [2.24, 2.45) is 4.99 Å². The maximum Gasteiger partial charge on any atom is 0.356 e. The van der Waals surface area contributed by atoms with Crippen LogP contribution in [0.25, 0.3) is 5.70 Å². The minimum absolute atomic E-state index is 0.0675. The number of ketones is 1. The minimum atomic E-state index is -0.555. The van der Waals surface area contributed by atoms with E-state index < -0.39 is 5.97 Å². The number of carbonyl (C=O) groups excluding carboxylic acids is 2. The quantitative estimate of drug-likeness (QED) is 0.698. The molecule has 86 valence electrons. The minimum Gasteiger partial charge on any atom is -0.464 e. The largest absolute Gasteiger partial charge is 0.464 e. The van der Waals surface area contributed by atoms with Crippen LogP contribution in [0.15, 0.2) is 23.3 Å². The predicted octanol–water partition coefficient (Wildman–Crippen LogP) is 0.648. The molecule has 0 aliphatic carbocycles. The Bertz CT molecular complexity index is 535. The number of aliphatic imine (C=N–C) groups is 1. The third-order valence-electron chi connectivity index (χ3n) is 2.10. The van der Waals surface area contributed by atoms with E-state index in [0.717, 1.165) is 0 Å². The van der Waals surface area contributed by atoms with Crippen molar-refractivity contribution in [1.82, 2.24) is 9.97 Å². The van der Waals surface area contributed by atoms with Crippen LogP contribution < -0.4 is 0 Å². The zero-order valence-electron chi connectivity index (χ0n) is 9.08. The van der Waals surface area contributed by atoms with Crippen LogP contribution in [-0.4, -0.2) is 35.0 Å². The fourth-order valence-electron chi connectivity index (χ4n) is 1.31. The second kappa shape index (κ2) is 4.65. The van der Waals surface area contributed by atoms with E-state index in [0.29, 0.717) is 5.70 Å². The lowest BCUT2D eigenvalue weighted by atomic mass is 10.2. The Balaban J connectivity index is 2.37. The summed E-state index contributed by atoms with van der Waals surface area (Å²) >= 11 is 0. The lowest BCUT2D eigenvalue weighted by Gasteiger charge is -2.05. The van der Waals surface area contributed by atoms with E-state index in [1.807, 2.05) is 0 Å². The molecule has 17 heavy (non-hydrogen) atoms. The molecule has 1 aliphatic heterocycles. The number of rotatable bonds is 2. The van der Waals surface area contributed by atoms with E-state index >= 15 is 0 Å². The fraction of sp³-hybridized carbons (Fsp3) is 0.182. The molecule has 2 heterocycles. The Hall–Kier alpha value is -2.37. The van der Waals surface area contributed by atoms with Gasteiger partial charge in [0.1, 0.15) is 5.70 Å². The van der Waals surface area contributed by atoms with Crippen molar-refractivity contribution in [3.63, 3.8) is 0 Å². The molecule has 6 heteroatoms. The molecule has 1 aromatic heterocycles. The Labute approximate surface area is 97.1 Å². The molecule has 6 nitrogen and oxygen atoms in total. The van der Waals surface area contributed by atoms with Crippen LogP contribution in [-0.2, 0) is 9.53 Å². The first-order valence-corrected chi connectivity index (χ1v) is 4.89. The third kappa shape index (κ3) is 2.41. The van der Waals surface area contributed by atoms with Crippen molar-refractivity contribution in [2.45, 2.75) is 6.42 Å². The maximum atomic E-state index is 11.3. The summed E-state index contributed by atoms with van der Waals surface area (Å²) in [5.74, 6) is -0.389. The van der Waals surface area contributed by atoms with Crippen LogP contribution in [0.1, 0.15) is 22.7 Å². The highest BCUT2D eigenvalue weighted by atomic mass is 16.5. The van der Waals surface area contributed by atoms with Gasteiger partial charge >= 0.3 is 5.97 Å². The number of hydrogen-bond donors (Lipinski definition) is 0. The average molecular weight is 231 g/mol. The third-order valence-corrected chi connectivity index (χ3v) is 2.10. The Kier molecular flexibility index (Phi) is 3.04. The topological polar surface area (TPSA) is 81.5 Å². The van der Waals surface area contributed by atoms with Gasteiger partial charge in [-0.2, -0.15) is 0 Å². The Morgan fingerprint density at radius 3 is 3.00 bits per heavy atom. The first-order chi connectivity index (χ1) is 8.20. The molecule has 2 rings (SSSR count). The van der Waals surface area contributed by atoms with E-state index in [1.165, 1.54) is 31.7 Å². The Morgan fingerprint density at radius 1 is 1.47 bits per heavy atom. The van der Waals surface area contributed by atoms with Crippen LogP contribution in [0.4, 0.5) is 0 Å². The maximum absolute atomic E-state index is 11.3. The fourth-order valence-corrected chi connectivity index (χ4v) is 1.31. The number of nitrogens with zero attached hydrogens (tertiary/aromatic N) is 3. The van der Waals surface area contributed by atoms with Crippen molar-refractivity contribution in [1.29, 1.82) is 0 Å². The molecule has 0 fully saturated rings. The van der Waals surface area contributed by atoms with Crippen LogP contribution in [0.2, 0.25) is 0 Å². The molecule has 0 N–H and O–H groups in total. The van der Waals surface area contributed by atoms with Gasteiger partial charge in [0.25, 0.3) is 0 Å². The molecule has 0 atom stereocenters. The van der Waals surface area contributed by atoms with Gasteiger partial charge in [0, 0.05) is 24.9 Å². The lowest BCUT2D eigenvalue weighted by molar-refractivity contribution is -0.113. The molecule has 0 bridgehead atoms. The molecule has 1 aliphatic rings. The van der Waals surface area contributed by atoms with Gasteiger partial charge in [0.15, 0.2) is 17.3 Å². The first-order valence-electron chi connectivity index (χ1n) is 4.89. The van der Waals surface area contributed by atoms with E-state index in [-0.39, 0.29) is 23.7 Å². The van der Waals surface area contributed by atoms with E-state index in [2.05, 4.69) is 19.7 Å². The van der Waals surface area contributed by atoms with Gasteiger partial charge in [0.2, 0.25) is 0 Å². The highest BCUT2D eigenvalue weighted by Crippen LogP contribution is 2.14. The standard InChI is InChI=1S/C11H9N3O3/c1-17-11(16)8-3-5-13-10(14-8)9-6-7(15)2-4-12-9/h3-6H,2H2,1H3. The summed E-state index contributed by atoms with van der Waals surface area (Å²) in [6, 6.07) is 1.43. The van der Waals surface area contributed by atoms with Crippen molar-refractivity contribution in [3.05, 3.63) is 29.9 Å². The summed E-state index contributed by atoms with van der Waals surface area (Å²) < 4.78 is 4.55. The van der Waals surface area contributed by atoms with Gasteiger partial charge in [-0.15, -0.1) is 0 Å². The van der Waals surface area contributed by atoms with Crippen molar-refractivity contribution in [2.75, 3.05) is 7.11 Å². The normalized spacial score (nSPS) is 14.4. The zero-order chi connectivity index (χ0) is 12.3. The molecule has 0 radical (unpaired) electrons. The van der Waals surface area contributed by atoms with Crippen LogP contribution >= 0.6 is 0 Å². The van der Waals surface area contributed by atoms with Crippen LogP contribution in [0, 0.1) is 0 Å². The summed E-state index contributed by atoms with van der Waals surface area (Å²) in [5, 5.41) is 0. The van der Waals surface area contributed by atoms with Gasteiger partial charge in [-0.1, -0.05) is 0 Å². The summed E-state index contributed by atoms with van der Waals surface area (Å²) in [5.41, 5.74) is 0.485. The average Bonchev–Trinajstić information content (AvgIpc) is 2.38. The van der Waals surface area contributed by atoms with Gasteiger partial charge in [0.05, 0.1) is 7.11 Å². The number of methoxy groups -OCH3 is 1. The number of esters is 1. The van der Waals surface area contributed by atoms with Gasteiger partial charge < -0.3 is 4.74 Å². The van der Waals surface area contributed by atoms with Crippen molar-refractivity contribution in [3.8, 4) is 0 Å². The second-order valence-corrected chi connectivity index (χ2v) is 3.27. The van der Waals surface area contributed by atoms with E-state index in [9.17, 15) is 9.59 Å². The highest BCUT2D eigenvalue weighted by molar-refractivity contribution is 6.07. The smallest absolute Gasteiger partial charge is 0.356 e. The number of allylic oxidation sites excluding steroid dienone is 1. The van der Waals surface area contributed by atoms with Gasteiger partial charge in [-0.25, -0.2) is 14.8 Å². The monoisotopic (exact) mass is 231 g/mol. The van der Waals surface area contributed by atoms with E-state index in [1.54, 1.807) is 0 Å². The highest BCUT2D eigenvalue weighted by Gasteiger charge is 2.13. The summed E-state index contributed by atoms with van der Waals surface area (Å²) in [7, 11) is 1.27. The molecule has 0 spiro atoms. The van der Waals surface area contributed by atoms with Gasteiger partial charge in [-0.3, -0.25) is 9.79 Å². The summed E-state index contributed by atoms with van der Waals surface area (Å²) in [6.45, 7) is 0. The van der Waals surface area contributed by atoms with Crippen molar-refractivity contribution < 1.29 is 14.3 Å². The zero-order valence-corrected chi connectivity index (χ0v) is 9.08. The number of ether oxygens (including phenoxy) is 1. The predicted molar refractivity (Wildman–Crippen MR) is 59.5 cm³/mol. The number of carbonyl (C=O) groups is 2. The molecule has 1 aromatic rings. The first kappa shape index (κ1) is 11.1. The van der Waals surface area contributed by atoms with Gasteiger partial charge in [-0.05, 0) is 6.07 Å². The summed E-state index contributed by atoms with van der Waals surface area (Å²) in [6.07, 6.45) is 4.55. The number of hydrogen-bond acceptors (Lipinski definition) is 6. The van der Waals surface area contributed by atoms with Crippen LogP contribution in [0.3, 0.4) is 0 Å².